The first kappa shape index (κ1) is 14.8. The van der Waals surface area contributed by atoms with Crippen LogP contribution in [0.1, 0.15) is 32.8 Å². The molecule has 0 radical (unpaired) electrons. The predicted octanol–water partition coefficient (Wildman–Crippen LogP) is 5.03. The van der Waals surface area contributed by atoms with Gasteiger partial charge in [0.05, 0.1) is 0 Å². The van der Waals surface area contributed by atoms with Gasteiger partial charge in [0.1, 0.15) is 0 Å². The van der Waals surface area contributed by atoms with Crippen LogP contribution in [-0.4, -0.2) is 11.9 Å². The lowest BCUT2D eigenvalue weighted by Gasteiger charge is -2.22. The van der Waals surface area contributed by atoms with Gasteiger partial charge in [-0.2, -0.15) is 0 Å². The maximum atomic E-state index is 6.36. The van der Waals surface area contributed by atoms with Crippen LogP contribution in [0.5, 0.6) is 0 Å². The summed E-state index contributed by atoms with van der Waals surface area (Å²) in [6, 6.07) is 8.56. The molecule has 2 rings (SSSR count). The minimum absolute atomic E-state index is 0.199. The molecule has 1 aromatic heterocycles. The molecule has 0 amide bonds. The van der Waals surface area contributed by atoms with Crippen molar-refractivity contribution in [3.8, 4) is 0 Å². The molecule has 1 aromatic carbocycles. The Kier molecular flexibility index (Phi) is 4.88. The Morgan fingerprint density at radius 3 is 2.74 bits per heavy atom. The Balaban J connectivity index is 1.86. The molecule has 1 nitrogen and oxygen atoms in total. The average molecular weight is 296 g/mol. The summed E-state index contributed by atoms with van der Waals surface area (Å²) < 4.78 is 1.36. The number of rotatable bonds is 5. The first-order valence-electron chi connectivity index (χ1n) is 6.75. The lowest BCUT2D eigenvalue weighted by atomic mass is 9.90. The standard InChI is InChI=1S/C16H22ClNS/c1-16(2,3)8-13(17)10-18-9-12-11-19-15-7-5-4-6-14(12)15/h4-7,11,13,18H,8-10H2,1-3H3. The molecule has 2 aromatic rings. The maximum absolute atomic E-state index is 6.36. The van der Waals surface area contributed by atoms with Crippen LogP contribution in [0.25, 0.3) is 10.1 Å². The van der Waals surface area contributed by atoms with E-state index in [2.05, 4.69) is 55.7 Å². The summed E-state index contributed by atoms with van der Waals surface area (Å²) in [6.45, 7) is 8.46. The van der Waals surface area contributed by atoms with Gasteiger partial charge in [0.2, 0.25) is 0 Å². The van der Waals surface area contributed by atoms with E-state index in [1.807, 2.05) is 11.3 Å². The number of alkyl halides is 1. The third kappa shape index (κ3) is 4.48. The van der Waals surface area contributed by atoms with E-state index in [9.17, 15) is 0 Å². The fourth-order valence-corrected chi connectivity index (χ4v) is 3.80. The third-order valence-corrected chi connectivity index (χ3v) is 4.40. The highest BCUT2D eigenvalue weighted by atomic mass is 35.5. The topological polar surface area (TPSA) is 12.0 Å². The number of fused-ring (bicyclic) bond motifs is 1. The van der Waals surface area contributed by atoms with Crippen molar-refractivity contribution in [2.24, 2.45) is 5.41 Å². The van der Waals surface area contributed by atoms with E-state index in [4.69, 9.17) is 11.6 Å². The molecule has 104 valence electrons. The molecular formula is C16H22ClNS. The van der Waals surface area contributed by atoms with Crippen molar-refractivity contribution in [2.75, 3.05) is 6.54 Å². The van der Waals surface area contributed by atoms with E-state index >= 15 is 0 Å². The van der Waals surface area contributed by atoms with Crippen LogP contribution in [0.4, 0.5) is 0 Å². The predicted molar refractivity (Wildman–Crippen MR) is 87.2 cm³/mol. The van der Waals surface area contributed by atoms with Crippen LogP contribution < -0.4 is 5.32 Å². The quantitative estimate of drug-likeness (QED) is 0.763. The van der Waals surface area contributed by atoms with Gasteiger partial charge in [-0.15, -0.1) is 22.9 Å². The van der Waals surface area contributed by atoms with Crippen LogP contribution in [0, 0.1) is 5.41 Å². The molecule has 19 heavy (non-hydrogen) atoms. The zero-order valence-electron chi connectivity index (χ0n) is 11.9. The number of halogens is 1. The molecule has 0 bridgehead atoms. The van der Waals surface area contributed by atoms with E-state index in [0.29, 0.717) is 5.41 Å². The fourth-order valence-electron chi connectivity index (χ4n) is 2.27. The zero-order valence-corrected chi connectivity index (χ0v) is 13.4. The molecule has 0 aliphatic carbocycles. The molecule has 0 fully saturated rings. The van der Waals surface area contributed by atoms with Crippen molar-refractivity contribution in [1.82, 2.24) is 5.32 Å². The van der Waals surface area contributed by atoms with Crippen LogP contribution in [-0.2, 0) is 6.54 Å². The summed E-state index contributed by atoms with van der Waals surface area (Å²) in [5.41, 5.74) is 1.67. The summed E-state index contributed by atoms with van der Waals surface area (Å²) in [5, 5.41) is 7.28. The smallest absolute Gasteiger partial charge is 0.0465 e. The van der Waals surface area contributed by atoms with Crippen LogP contribution in [0.2, 0.25) is 0 Å². The fraction of sp³-hybridized carbons (Fsp3) is 0.500. The van der Waals surface area contributed by atoms with Crippen LogP contribution >= 0.6 is 22.9 Å². The Hall–Kier alpha value is -0.570. The number of thiophene rings is 1. The number of nitrogens with one attached hydrogen (secondary N) is 1. The molecule has 0 aliphatic rings. The third-order valence-electron chi connectivity index (χ3n) is 3.08. The second-order valence-electron chi connectivity index (χ2n) is 6.25. The molecule has 1 N–H and O–H groups in total. The van der Waals surface area contributed by atoms with Gasteiger partial charge in [0.15, 0.2) is 0 Å². The summed E-state index contributed by atoms with van der Waals surface area (Å²) >= 11 is 8.17. The van der Waals surface area contributed by atoms with E-state index in [-0.39, 0.29) is 5.38 Å². The Labute approximate surface area is 125 Å². The van der Waals surface area contributed by atoms with Crippen molar-refractivity contribution in [3.05, 3.63) is 35.2 Å². The number of benzene rings is 1. The average Bonchev–Trinajstić information content (AvgIpc) is 2.70. The molecular weight excluding hydrogens is 274 g/mol. The SMILES string of the molecule is CC(C)(C)CC(Cl)CNCc1csc2ccccc12. The Morgan fingerprint density at radius 1 is 1.26 bits per heavy atom. The number of hydrogen-bond donors (Lipinski definition) is 1. The summed E-state index contributed by atoms with van der Waals surface area (Å²) in [7, 11) is 0. The highest BCUT2D eigenvalue weighted by Gasteiger charge is 2.16. The van der Waals surface area contributed by atoms with Crippen molar-refractivity contribution in [2.45, 2.75) is 39.1 Å². The highest BCUT2D eigenvalue weighted by Crippen LogP contribution is 2.26. The summed E-state index contributed by atoms with van der Waals surface area (Å²) in [6.07, 6.45) is 1.03. The lowest BCUT2D eigenvalue weighted by Crippen LogP contribution is -2.26. The minimum atomic E-state index is 0.199. The number of hydrogen-bond acceptors (Lipinski definition) is 2. The second-order valence-corrected chi connectivity index (χ2v) is 7.78. The molecule has 0 spiro atoms. The monoisotopic (exact) mass is 295 g/mol. The van der Waals surface area contributed by atoms with Gasteiger partial charge >= 0.3 is 0 Å². The van der Waals surface area contributed by atoms with E-state index in [1.165, 1.54) is 15.6 Å². The van der Waals surface area contributed by atoms with Crippen molar-refractivity contribution < 1.29 is 0 Å². The van der Waals surface area contributed by atoms with Gasteiger partial charge in [-0.1, -0.05) is 39.0 Å². The molecule has 1 heterocycles. The van der Waals surface area contributed by atoms with Gasteiger partial charge in [0.25, 0.3) is 0 Å². The molecule has 0 saturated heterocycles. The van der Waals surface area contributed by atoms with Gasteiger partial charge in [0, 0.05) is 23.2 Å². The Morgan fingerprint density at radius 2 is 2.00 bits per heavy atom. The largest absolute Gasteiger partial charge is 0.311 e. The summed E-state index contributed by atoms with van der Waals surface area (Å²) in [5.74, 6) is 0. The summed E-state index contributed by atoms with van der Waals surface area (Å²) in [4.78, 5) is 0. The van der Waals surface area contributed by atoms with Crippen molar-refractivity contribution >= 4 is 33.0 Å². The zero-order chi connectivity index (χ0) is 13.9. The van der Waals surface area contributed by atoms with Crippen LogP contribution in [0.3, 0.4) is 0 Å². The van der Waals surface area contributed by atoms with Crippen LogP contribution in [0.15, 0.2) is 29.6 Å². The van der Waals surface area contributed by atoms with Crippen molar-refractivity contribution in [1.29, 1.82) is 0 Å². The van der Waals surface area contributed by atoms with E-state index < -0.39 is 0 Å². The van der Waals surface area contributed by atoms with Crippen molar-refractivity contribution in [3.63, 3.8) is 0 Å². The van der Waals surface area contributed by atoms with Gasteiger partial charge < -0.3 is 5.32 Å². The second kappa shape index (κ2) is 6.25. The van der Waals surface area contributed by atoms with Gasteiger partial charge in [-0.3, -0.25) is 0 Å². The molecule has 0 saturated carbocycles. The highest BCUT2D eigenvalue weighted by molar-refractivity contribution is 7.17. The molecule has 1 atom stereocenters. The van der Waals surface area contributed by atoms with Gasteiger partial charge in [-0.05, 0) is 34.2 Å². The normalized spacial score (nSPS) is 13.9. The first-order chi connectivity index (χ1) is 8.96. The first-order valence-corrected chi connectivity index (χ1v) is 8.07. The maximum Gasteiger partial charge on any atom is 0.0465 e. The Bertz CT molecular complexity index is 527. The van der Waals surface area contributed by atoms with Gasteiger partial charge in [-0.25, -0.2) is 0 Å². The molecule has 0 aliphatic heterocycles. The molecule has 3 heteroatoms. The van der Waals surface area contributed by atoms with E-state index in [0.717, 1.165) is 19.5 Å². The van der Waals surface area contributed by atoms with E-state index in [1.54, 1.807) is 0 Å². The molecule has 1 unspecified atom stereocenters. The minimum Gasteiger partial charge on any atom is -0.311 e. The lowest BCUT2D eigenvalue weighted by molar-refractivity contribution is 0.364.